The van der Waals surface area contributed by atoms with Crippen molar-refractivity contribution in [3.8, 4) is 0 Å². The molecule has 0 aromatic heterocycles. The lowest BCUT2D eigenvalue weighted by molar-refractivity contribution is -0.151. The molecule has 0 aliphatic carbocycles. The number of esters is 1. The van der Waals surface area contributed by atoms with E-state index in [1.54, 1.807) is 0 Å². The highest BCUT2D eigenvalue weighted by Crippen LogP contribution is 2.15. The number of carbonyl (C=O) groups is 2. The predicted molar refractivity (Wildman–Crippen MR) is 58.6 cm³/mol. The number of ketones is 1. The number of ether oxygens (including phenoxy) is 1. The van der Waals surface area contributed by atoms with Gasteiger partial charge >= 0.3 is 5.97 Å². The third kappa shape index (κ3) is 3.65. The van der Waals surface area contributed by atoms with Gasteiger partial charge in [0, 0.05) is 17.7 Å². The van der Waals surface area contributed by atoms with Crippen molar-refractivity contribution in [2.45, 2.75) is 6.92 Å². The highest BCUT2D eigenvalue weighted by molar-refractivity contribution is 6.39. The largest absolute Gasteiger partial charge is 0.507 e. The molecule has 0 saturated heterocycles. The lowest BCUT2D eigenvalue weighted by Crippen LogP contribution is -2.15. The minimum absolute atomic E-state index is 0.00771. The van der Waals surface area contributed by atoms with Crippen molar-refractivity contribution >= 4 is 17.5 Å². The van der Waals surface area contributed by atoms with Crippen LogP contribution in [0.25, 0.3) is 5.76 Å². The molecule has 0 atom stereocenters. The van der Waals surface area contributed by atoms with Gasteiger partial charge in [-0.2, -0.15) is 0 Å². The van der Waals surface area contributed by atoms with E-state index in [0.717, 1.165) is 12.1 Å². The second-order valence-electron chi connectivity index (χ2n) is 3.27. The molecule has 1 aromatic carbocycles. The summed E-state index contributed by atoms with van der Waals surface area (Å²) >= 11 is 0. The number of hydrogen-bond acceptors (Lipinski definition) is 4. The van der Waals surface area contributed by atoms with E-state index < -0.39 is 29.1 Å². The molecule has 1 rings (SSSR count). The third-order valence-corrected chi connectivity index (χ3v) is 1.90. The highest BCUT2D eigenvalue weighted by atomic mass is 19.1. The zero-order valence-corrected chi connectivity index (χ0v) is 9.44. The number of aliphatic hydroxyl groups excluding tert-OH is 1. The minimum Gasteiger partial charge on any atom is -0.507 e. The van der Waals surface area contributed by atoms with Crippen LogP contribution in [0, 0.1) is 11.6 Å². The van der Waals surface area contributed by atoms with Crippen molar-refractivity contribution < 1.29 is 28.2 Å². The Hall–Kier alpha value is -2.24. The zero-order chi connectivity index (χ0) is 13.7. The fourth-order valence-electron chi connectivity index (χ4n) is 1.17. The Morgan fingerprint density at radius 1 is 1.28 bits per heavy atom. The van der Waals surface area contributed by atoms with Crippen molar-refractivity contribution in [1.82, 2.24) is 0 Å². The van der Waals surface area contributed by atoms with Gasteiger partial charge in [-0.05, 0) is 19.1 Å². The summed E-state index contributed by atoms with van der Waals surface area (Å²) < 4.78 is 30.1. The van der Waals surface area contributed by atoms with Gasteiger partial charge in [0.05, 0.1) is 6.61 Å². The van der Waals surface area contributed by atoms with E-state index in [0.29, 0.717) is 12.1 Å². The molecule has 0 aliphatic rings. The van der Waals surface area contributed by atoms with E-state index in [-0.39, 0.29) is 12.2 Å². The van der Waals surface area contributed by atoms with E-state index in [9.17, 15) is 23.5 Å². The maximum absolute atomic E-state index is 12.9. The number of rotatable bonds is 4. The van der Waals surface area contributed by atoms with Crippen LogP contribution in [0.3, 0.4) is 0 Å². The van der Waals surface area contributed by atoms with Gasteiger partial charge in [0.2, 0.25) is 0 Å². The Morgan fingerprint density at radius 3 is 2.33 bits per heavy atom. The molecule has 6 heteroatoms. The van der Waals surface area contributed by atoms with Crippen molar-refractivity contribution in [3.63, 3.8) is 0 Å². The second-order valence-corrected chi connectivity index (χ2v) is 3.27. The summed E-state index contributed by atoms with van der Waals surface area (Å²) in [5.74, 6) is -4.80. The summed E-state index contributed by atoms with van der Waals surface area (Å²) in [7, 11) is 0. The van der Waals surface area contributed by atoms with Crippen LogP contribution in [-0.4, -0.2) is 23.5 Å². The Morgan fingerprint density at radius 2 is 1.83 bits per heavy atom. The fourth-order valence-corrected chi connectivity index (χ4v) is 1.17. The number of hydrogen-bond donors (Lipinski definition) is 1. The summed E-state index contributed by atoms with van der Waals surface area (Å²) in [6.07, 6.45) is 0.548. The molecular formula is C12H10F2O4. The van der Waals surface area contributed by atoms with Gasteiger partial charge in [-0.1, -0.05) is 0 Å². The molecular weight excluding hydrogens is 246 g/mol. The molecule has 0 unspecified atom stereocenters. The van der Waals surface area contributed by atoms with Crippen molar-refractivity contribution in [3.05, 3.63) is 41.5 Å². The van der Waals surface area contributed by atoms with Crippen molar-refractivity contribution in [2.75, 3.05) is 6.61 Å². The first kappa shape index (κ1) is 13.8. The monoisotopic (exact) mass is 256 g/mol. The Balaban J connectivity index is 2.95. The lowest BCUT2D eigenvalue weighted by atomic mass is 10.1. The molecule has 96 valence electrons. The Labute approximate surface area is 101 Å². The first-order valence-corrected chi connectivity index (χ1v) is 5.02. The lowest BCUT2D eigenvalue weighted by Gasteiger charge is -2.01. The van der Waals surface area contributed by atoms with Gasteiger partial charge in [-0.3, -0.25) is 4.79 Å². The maximum atomic E-state index is 12.9. The van der Waals surface area contributed by atoms with E-state index in [4.69, 9.17) is 0 Å². The van der Waals surface area contributed by atoms with Crippen LogP contribution in [0.2, 0.25) is 0 Å². The zero-order valence-electron chi connectivity index (χ0n) is 9.44. The van der Waals surface area contributed by atoms with Crippen LogP contribution >= 0.6 is 0 Å². The predicted octanol–water partition coefficient (Wildman–Crippen LogP) is 2.00. The number of aliphatic hydroxyl groups is 1. The summed E-state index contributed by atoms with van der Waals surface area (Å²) in [5.41, 5.74) is -0.245. The molecule has 0 amide bonds. The van der Waals surface area contributed by atoms with Crippen LogP contribution in [0.4, 0.5) is 8.78 Å². The molecule has 0 fully saturated rings. The molecule has 0 saturated carbocycles. The molecule has 0 spiro atoms. The summed E-state index contributed by atoms with van der Waals surface area (Å²) in [6.45, 7) is 1.52. The molecule has 0 radical (unpaired) electrons. The molecule has 0 heterocycles. The van der Waals surface area contributed by atoms with Crippen LogP contribution < -0.4 is 0 Å². The van der Waals surface area contributed by atoms with Crippen molar-refractivity contribution in [1.29, 1.82) is 0 Å². The summed E-state index contributed by atoms with van der Waals surface area (Å²) in [4.78, 5) is 22.2. The quantitative estimate of drug-likeness (QED) is 0.387. The van der Waals surface area contributed by atoms with E-state index in [1.165, 1.54) is 6.92 Å². The van der Waals surface area contributed by atoms with E-state index in [2.05, 4.69) is 4.74 Å². The van der Waals surface area contributed by atoms with E-state index >= 15 is 0 Å². The van der Waals surface area contributed by atoms with Gasteiger partial charge in [-0.25, -0.2) is 13.6 Å². The smallest absolute Gasteiger partial charge is 0.379 e. The fraction of sp³-hybridized carbons (Fsp3) is 0.167. The topological polar surface area (TPSA) is 63.6 Å². The Kier molecular flexibility index (Phi) is 4.53. The van der Waals surface area contributed by atoms with Crippen LogP contribution in [0.15, 0.2) is 24.3 Å². The summed E-state index contributed by atoms with van der Waals surface area (Å²) in [5, 5.41) is 9.46. The van der Waals surface area contributed by atoms with Gasteiger partial charge in [0.15, 0.2) is 0 Å². The molecule has 1 N–H and O–H groups in total. The molecule has 1 aromatic rings. The standard InChI is InChI=1S/C12H10F2O4/c1-2-18-12(17)11(16)6-10(15)7-3-8(13)5-9(14)4-7/h3-6,15H,2H2,1H3. The average molecular weight is 256 g/mol. The van der Waals surface area contributed by atoms with Gasteiger partial charge in [0.25, 0.3) is 5.78 Å². The highest BCUT2D eigenvalue weighted by Gasteiger charge is 2.14. The molecule has 0 bridgehead atoms. The van der Waals surface area contributed by atoms with Crippen molar-refractivity contribution in [2.24, 2.45) is 0 Å². The average Bonchev–Trinajstić information content (AvgIpc) is 2.27. The second kappa shape index (κ2) is 5.90. The molecule has 0 aliphatic heterocycles. The van der Waals surface area contributed by atoms with Crippen LogP contribution in [-0.2, 0) is 14.3 Å². The maximum Gasteiger partial charge on any atom is 0.379 e. The number of benzene rings is 1. The first-order chi connectivity index (χ1) is 8.43. The molecule has 18 heavy (non-hydrogen) atoms. The van der Waals surface area contributed by atoms with Gasteiger partial charge < -0.3 is 9.84 Å². The normalized spacial score (nSPS) is 11.2. The van der Waals surface area contributed by atoms with Gasteiger partial charge in [0.1, 0.15) is 17.4 Å². The van der Waals surface area contributed by atoms with Crippen LogP contribution in [0.1, 0.15) is 12.5 Å². The third-order valence-electron chi connectivity index (χ3n) is 1.90. The van der Waals surface area contributed by atoms with Gasteiger partial charge in [-0.15, -0.1) is 0 Å². The first-order valence-electron chi connectivity index (χ1n) is 5.02. The molecule has 4 nitrogen and oxygen atoms in total. The Bertz CT molecular complexity index is 489. The number of halogens is 2. The number of carbonyl (C=O) groups excluding carboxylic acids is 2. The minimum atomic E-state index is -1.15. The summed E-state index contributed by atoms with van der Waals surface area (Å²) in [6, 6.07) is 2.27. The van der Waals surface area contributed by atoms with Crippen LogP contribution in [0.5, 0.6) is 0 Å². The van der Waals surface area contributed by atoms with E-state index in [1.807, 2.05) is 0 Å². The SMILES string of the molecule is CCOC(=O)C(=O)C=C(O)c1cc(F)cc(F)c1.